The molecule has 1 aliphatic carbocycles. The first-order chi connectivity index (χ1) is 8.64. The number of aromatic nitrogens is 2. The Labute approximate surface area is 106 Å². The molecule has 2 rings (SSSR count). The van der Waals surface area contributed by atoms with Gasteiger partial charge in [-0.2, -0.15) is 4.98 Å². The SMILES string of the molecule is CCOC(=O)C1(c2nc(C(C)OC)no2)CCC1. The Morgan fingerprint density at radius 3 is 2.78 bits per heavy atom. The van der Waals surface area contributed by atoms with Crippen molar-refractivity contribution >= 4 is 5.97 Å². The zero-order valence-corrected chi connectivity index (χ0v) is 10.9. The van der Waals surface area contributed by atoms with Crippen LogP contribution in [0.2, 0.25) is 0 Å². The Hall–Kier alpha value is -1.43. The first-order valence-corrected chi connectivity index (χ1v) is 6.18. The van der Waals surface area contributed by atoms with E-state index in [2.05, 4.69) is 10.1 Å². The van der Waals surface area contributed by atoms with Gasteiger partial charge in [-0.1, -0.05) is 11.6 Å². The lowest BCUT2D eigenvalue weighted by Crippen LogP contribution is -2.44. The van der Waals surface area contributed by atoms with Crippen molar-refractivity contribution in [1.29, 1.82) is 0 Å². The molecule has 6 heteroatoms. The van der Waals surface area contributed by atoms with E-state index in [1.54, 1.807) is 14.0 Å². The van der Waals surface area contributed by atoms with Gasteiger partial charge in [-0.25, -0.2) is 0 Å². The number of nitrogens with zero attached hydrogens (tertiary/aromatic N) is 2. The topological polar surface area (TPSA) is 74.5 Å². The fraction of sp³-hybridized carbons (Fsp3) is 0.750. The van der Waals surface area contributed by atoms with Gasteiger partial charge in [0.25, 0.3) is 0 Å². The molecule has 1 heterocycles. The Morgan fingerprint density at radius 1 is 1.56 bits per heavy atom. The molecule has 1 aliphatic rings. The summed E-state index contributed by atoms with van der Waals surface area (Å²) in [5, 5.41) is 3.86. The Morgan fingerprint density at radius 2 is 2.28 bits per heavy atom. The summed E-state index contributed by atoms with van der Waals surface area (Å²) < 4.78 is 15.4. The van der Waals surface area contributed by atoms with Gasteiger partial charge in [0.05, 0.1) is 6.61 Å². The molecule has 0 aromatic carbocycles. The molecular formula is C12H18N2O4. The van der Waals surface area contributed by atoms with Crippen LogP contribution in [0.15, 0.2) is 4.52 Å². The fourth-order valence-corrected chi connectivity index (χ4v) is 2.00. The number of rotatable bonds is 5. The average molecular weight is 254 g/mol. The van der Waals surface area contributed by atoms with E-state index >= 15 is 0 Å². The summed E-state index contributed by atoms with van der Waals surface area (Å²) >= 11 is 0. The molecular weight excluding hydrogens is 236 g/mol. The maximum atomic E-state index is 12.0. The molecule has 0 spiro atoms. The number of hydrogen-bond acceptors (Lipinski definition) is 6. The molecule has 6 nitrogen and oxygen atoms in total. The quantitative estimate of drug-likeness (QED) is 0.745. The summed E-state index contributed by atoms with van der Waals surface area (Å²) in [6.07, 6.45) is 2.13. The minimum Gasteiger partial charge on any atom is -0.465 e. The molecule has 0 amide bonds. The van der Waals surface area contributed by atoms with Crippen molar-refractivity contribution < 1.29 is 18.8 Å². The predicted molar refractivity (Wildman–Crippen MR) is 61.9 cm³/mol. The minimum atomic E-state index is -0.727. The van der Waals surface area contributed by atoms with Crippen LogP contribution in [-0.2, 0) is 19.7 Å². The second kappa shape index (κ2) is 5.06. The highest BCUT2D eigenvalue weighted by molar-refractivity contribution is 5.82. The molecule has 18 heavy (non-hydrogen) atoms. The van der Waals surface area contributed by atoms with Crippen LogP contribution in [0, 0.1) is 0 Å². The van der Waals surface area contributed by atoms with Crippen molar-refractivity contribution in [3.05, 3.63) is 11.7 Å². The van der Waals surface area contributed by atoms with Gasteiger partial charge in [-0.05, 0) is 26.7 Å². The summed E-state index contributed by atoms with van der Waals surface area (Å²) in [6.45, 7) is 3.97. The van der Waals surface area contributed by atoms with E-state index < -0.39 is 5.41 Å². The Kier molecular flexibility index (Phi) is 3.65. The highest BCUT2D eigenvalue weighted by Gasteiger charge is 2.52. The van der Waals surface area contributed by atoms with Crippen LogP contribution >= 0.6 is 0 Å². The monoisotopic (exact) mass is 254 g/mol. The molecule has 0 saturated heterocycles. The molecule has 0 N–H and O–H groups in total. The van der Waals surface area contributed by atoms with Crippen molar-refractivity contribution in [3.63, 3.8) is 0 Å². The highest BCUT2D eigenvalue weighted by Crippen LogP contribution is 2.44. The molecule has 1 unspecified atom stereocenters. The third-order valence-electron chi connectivity index (χ3n) is 3.44. The molecule has 100 valence electrons. The maximum Gasteiger partial charge on any atom is 0.321 e. The number of hydrogen-bond donors (Lipinski definition) is 0. The van der Waals surface area contributed by atoms with E-state index in [-0.39, 0.29) is 12.1 Å². The van der Waals surface area contributed by atoms with E-state index in [1.807, 2.05) is 6.92 Å². The third kappa shape index (κ3) is 2.01. The lowest BCUT2D eigenvalue weighted by molar-refractivity contribution is -0.155. The largest absolute Gasteiger partial charge is 0.465 e. The van der Waals surface area contributed by atoms with Crippen LogP contribution in [0.1, 0.15) is 50.9 Å². The van der Waals surface area contributed by atoms with Crippen molar-refractivity contribution in [3.8, 4) is 0 Å². The molecule has 0 aliphatic heterocycles. The van der Waals surface area contributed by atoms with Crippen LogP contribution in [0.4, 0.5) is 0 Å². The van der Waals surface area contributed by atoms with E-state index in [0.29, 0.717) is 31.2 Å². The van der Waals surface area contributed by atoms with Gasteiger partial charge in [0.2, 0.25) is 5.89 Å². The zero-order valence-electron chi connectivity index (χ0n) is 10.9. The van der Waals surface area contributed by atoms with Crippen LogP contribution < -0.4 is 0 Å². The van der Waals surface area contributed by atoms with E-state index in [9.17, 15) is 4.79 Å². The normalized spacial score (nSPS) is 19.1. The summed E-state index contributed by atoms with van der Waals surface area (Å²) in [7, 11) is 1.57. The van der Waals surface area contributed by atoms with Crippen molar-refractivity contribution in [2.45, 2.75) is 44.6 Å². The molecule has 1 atom stereocenters. The fourth-order valence-electron chi connectivity index (χ4n) is 2.00. The van der Waals surface area contributed by atoms with Crippen LogP contribution in [-0.4, -0.2) is 29.8 Å². The Balaban J connectivity index is 2.22. The third-order valence-corrected chi connectivity index (χ3v) is 3.44. The Bertz CT molecular complexity index is 425. The molecule has 0 bridgehead atoms. The summed E-state index contributed by atoms with van der Waals surface area (Å²) in [5.41, 5.74) is -0.727. The molecule has 1 fully saturated rings. The summed E-state index contributed by atoms with van der Waals surface area (Å²) in [4.78, 5) is 16.3. The van der Waals surface area contributed by atoms with Crippen molar-refractivity contribution in [1.82, 2.24) is 10.1 Å². The number of carbonyl (C=O) groups excluding carboxylic acids is 1. The standard InChI is InChI=1S/C12H18N2O4/c1-4-17-11(15)12(6-5-7-12)10-13-9(14-18-10)8(2)16-3/h8H,4-7H2,1-3H3. The van der Waals surface area contributed by atoms with Gasteiger partial charge in [0, 0.05) is 7.11 Å². The second-order valence-electron chi connectivity index (χ2n) is 4.49. The number of methoxy groups -OCH3 is 1. The zero-order chi connectivity index (χ0) is 13.2. The van der Waals surface area contributed by atoms with Crippen LogP contribution in [0.5, 0.6) is 0 Å². The van der Waals surface area contributed by atoms with Gasteiger partial charge in [-0.3, -0.25) is 4.79 Å². The molecule has 0 radical (unpaired) electrons. The number of ether oxygens (including phenoxy) is 2. The summed E-state index contributed by atoms with van der Waals surface area (Å²) in [6, 6.07) is 0. The lowest BCUT2D eigenvalue weighted by Gasteiger charge is -2.35. The van der Waals surface area contributed by atoms with Gasteiger partial charge in [-0.15, -0.1) is 0 Å². The van der Waals surface area contributed by atoms with E-state index in [1.165, 1.54) is 0 Å². The van der Waals surface area contributed by atoms with Crippen molar-refractivity contribution in [2.75, 3.05) is 13.7 Å². The lowest BCUT2D eigenvalue weighted by atomic mass is 9.68. The molecule has 1 saturated carbocycles. The van der Waals surface area contributed by atoms with Gasteiger partial charge >= 0.3 is 5.97 Å². The number of carbonyl (C=O) groups is 1. The molecule has 1 aromatic heterocycles. The van der Waals surface area contributed by atoms with Crippen LogP contribution in [0.25, 0.3) is 0 Å². The first kappa shape index (κ1) is 13.0. The van der Waals surface area contributed by atoms with Gasteiger partial charge < -0.3 is 14.0 Å². The summed E-state index contributed by atoms with van der Waals surface area (Å²) in [5.74, 6) is 0.547. The van der Waals surface area contributed by atoms with E-state index in [4.69, 9.17) is 14.0 Å². The van der Waals surface area contributed by atoms with Gasteiger partial charge in [0.15, 0.2) is 5.82 Å². The smallest absolute Gasteiger partial charge is 0.321 e. The minimum absolute atomic E-state index is 0.248. The predicted octanol–water partition coefficient (Wildman–Crippen LogP) is 1.76. The van der Waals surface area contributed by atoms with Crippen molar-refractivity contribution in [2.24, 2.45) is 0 Å². The second-order valence-corrected chi connectivity index (χ2v) is 4.49. The maximum absolute atomic E-state index is 12.0. The average Bonchev–Trinajstić information content (AvgIpc) is 2.76. The van der Waals surface area contributed by atoms with Gasteiger partial charge in [0.1, 0.15) is 11.5 Å². The number of esters is 1. The molecule has 1 aromatic rings. The first-order valence-electron chi connectivity index (χ1n) is 6.18. The highest BCUT2D eigenvalue weighted by atomic mass is 16.5. The van der Waals surface area contributed by atoms with E-state index in [0.717, 1.165) is 6.42 Å². The van der Waals surface area contributed by atoms with Crippen LogP contribution in [0.3, 0.4) is 0 Å².